The molecule has 3 aromatic carbocycles. The van der Waals surface area contributed by atoms with Crippen molar-refractivity contribution in [3.63, 3.8) is 0 Å². The average molecular weight is 578 g/mol. The molecule has 0 aliphatic carbocycles. The van der Waals surface area contributed by atoms with Gasteiger partial charge in [-0.3, -0.25) is 9.59 Å². The molecular weight excluding hydrogens is 538 g/mol. The molecule has 0 saturated carbocycles. The molecule has 9 heteroatoms. The maximum Gasteiger partial charge on any atom is 0.310 e. The number of carbonyl (C=O) groups excluding carboxylic acids is 2. The van der Waals surface area contributed by atoms with Crippen LogP contribution in [0.1, 0.15) is 63.1 Å². The topological polar surface area (TPSA) is 105 Å². The molecule has 218 valence electrons. The van der Waals surface area contributed by atoms with Gasteiger partial charge in [-0.05, 0) is 62.4 Å². The lowest BCUT2D eigenvalue weighted by atomic mass is 9.95. The average Bonchev–Trinajstić information content (AvgIpc) is 2.98. The highest BCUT2D eigenvalue weighted by atomic mass is 32.2. The quantitative estimate of drug-likeness (QED) is 0.286. The maximum absolute atomic E-state index is 13.9. The Kier molecular flexibility index (Phi) is 10.2. The van der Waals surface area contributed by atoms with E-state index < -0.39 is 16.1 Å². The van der Waals surface area contributed by atoms with Crippen molar-refractivity contribution in [1.82, 2.24) is 4.72 Å². The zero-order valence-corrected chi connectivity index (χ0v) is 24.7. The largest absolute Gasteiger partial charge is 0.466 e. The van der Waals surface area contributed by atoms with Crippen molar-refractivity contribution < 1.29 is 22.7 Å². The number of hydrogen-bond acceptors (Lipinski definition) is 6. The molecule has 0 bridgehead atoms. The van der Waals surface area contributed by atoms with E-state index in [2.05, 4.69) is 10.0 Å². The van der Waals surface area contributed by atoms with E-state index >= 15 is 0 Å². The van der Waals surface area contributed by atoms with Crippen LogP contribution in [0.15, 0.2) is 83.8 Å². The molecule has 3 aromatic rings. The van der Waals surface area contributed by atoms with Gasteiger partial charge in [0.1, 0.15) is 4.90 Å². The number of sulfonamides is 1. The Bertz CT molecular complexity index is 1430. The summed E-state index contributed by atoms with van der Waals surface area (Å²) in [6.45, 7) is 6.77. The van der Waals surface area contributed by atoms with Crippen LogP contribution >= 0.6 is 0 Å². The van der Waals surface area contributed by atoms with Gasteiger partial charge in [0, 0.05) is 24.8 Å². The van der Waals surface area contributed by atoms with E-state index in [1.54, 1.807) is 26.0 Å². The third-order valence-electron chi connectivity index (χ3n) is 7.46. The van der Waals surface area contributed by atoms with Crippen LogP contribution in [0.25, 0.3) is 0 Å². The molecule has 3 atom stereocenters. The number of rotatable bonds is 11. The number of carbonyl (C=O) groups is 2. The molecule has 8 nitrogen and oxygen atoms in total. The van der Waals surface area contributed by atoms with Gasteiger partial charge in [-0.25, -0.2) is 13.1 Å². The Morgan fingerprint density at radius 2 is 1.63 bits per heavy atom. The zero-order chi connectivity index (χ0) is 29.4. The van der Waals surface area contributed by atoms with E-state index in [9.17, 15) is 18.0 Å². The van der Waals surface area contributed by atoms with Crippen LogP contribution in [-0.4, -0.2) is 40.0 Å². The maximum atomic E-state index is 13.9. The number of piperidine rings is 1. The molecule has 0 aromatic heterocycles. The molecule has 41 heavy (non-hydrogen) atoms. The zero-order valence-electron chi connectivity index (χ0n) is 23.9. The molecule has 0 radical (unpaired) electrons. The van der Waals surface area contributed by atoms with Gasteiger partial charge in [0.05, 0.1) is 24.1 Å². The lowest BCUT2D eigenvalue weighted by molar-refractivity contribution is -0.148. The van der Waals surface area contributed by atoms with Gasteiger partial charge in [-0.15, -0.1) is 0 Å². The van der Waals surface area contributed by atoms with Crippen molar-refractivity contribution >= 4 is 33.3 Å². The second kappa shape index (κ2) is 13.8. The van der Waals surface area contributed by atoms with Crippen LogP contribution in [0.2, 0.25) is 0 Å². The fourth-order valence-electron chi connectivity index (χ4n) is 5.31. The van der Waals surface area contributed by atoms with Gasteiger partial charge >= 0.3 is 5.97 Å². The first-order valence-corrected chi connectivity index (χ1v) is 15.7. The third-order valence-corrected chi connectivity index (χ3v) is 9.03. The van der Waals surface area contributed by atoms with Crippen LogP contribution in [0.3, 0.4) is 0 Å². The summed E-state index contributed by atoms with van der Waals surface area (Å²) >= 11 is 0. The molecule has 4 rings (SSSR count). The minimum atomic E-state index is -4.03. The number of amides is 1. The fraction of sp³-hybridized carbons (Fsp3) is 0.375. The van der Waals surface area contributed by atoms with Gasteiger partial charge in [-0.1, -0.05) is 67.6 Å². The summed E-state index contributed by atoms with van der Waals surface area (Å²) in [5.41, 5.74) is 2.60. The molecular formula is C32H39N3O5S. The molecule has 1 saturated heterocycles. The Morgan fingerprint density at radius 3 is 2.27 bits per heavy atom. The van der Waals surface area contributed by atoms with E-state index in [1.165, 1.54) is 6.07 Å². The first kappa shape index (κ1) is 30.3. The van der Waals surface area contributed by atoms with Crippen molar-refractivity contribution in [3.8, 4) is 0 Å². The molecule has 1 aliphatic rings. The summed E-state index contributed by atoms with van der Waals surface area (Å²) < 4.78 is 35.9. The highest BCUT2D eigenvalue weighted by Crippen LogP contribution is 2.33. The van der Waals surface area contributed by atoms with Crippen molar-refractivity contribution in [2.45, 2.75) is 56.9 Å². The van der Waals surface area contributed by atoms with Crippen LogP contribution in [0.4, 0.5) is 11.4 Å². The van der Waals surface area contributed by atoms with E-state index in [0.29, 0.717) is 43.9 Å². The third kappa shape index (κ3) is 7.54. The van der Waals surface area contributed by atoms with Gasteiger partial charge in [0.2, 0.25) is 15.9 Å². The van der Waals surface area contributed by atoms with Crippen molar-refractivity contribution in [1.29, 1.82) is 0 Å². The minimum Gasteiger partial charge on any atom is -0.466 e. The standard InChI is InChI=1S/C32H39N3O5S/c1-4-28(25-15-10-7-11-16-25)31(36)33-27-18-19-29(35-20-12-17-26(22-35)32(37)40-5-2)30(21-27)41(38,39)34-23(3)24-13-8-6-9-14-24/h6-11,13-16,18-19,21,23,26,28,34H,4-5,12,17,20,22H2,1-3H3,(H,33,36)/t23-,26+,28+/m0/s1. The Hall–Kier alpha value is -3.69. The SMILES string of the molecule is CCOC(=O)[C@@H]1CCCN(c2ccc(NC(=O)[C@H](CC)c3ccccc3)cc2S(=O)(=O)N[C@@H](C)c2ccccc2)C1. The number of nitrogens with one attached hydrogen (secondary N) is 2. The van der Waals surface area contributed by atoms with Gasteiger partial charge in [0.25, 0.3) is 0 Å². The summed E-state index contributed by atoms with van der Waals surface area (Å²) in [6.07, 6.45) is 2.01. The predicted molar refractivity (Wildman–Crippen MR) is 161 cm³/mol. The summed E-state index contributed by atoms with van der Waals surface area (Å²) in [7, 11) is -4.03. The molecule has 1 heterocycles. The first-order valence-electron chi connectivity index (χ1n) is 14.2. The van der Waals surface area contributed by atoms with Crippen molar-refractivity contribution in [3.05, 3.63) is 90.0 Å². The Labute approximate surface area is 243 Å². The summed E-state index contributed by atoms with van der Waals surface area (Å²) in [6, 6.07) is 23.3. The van der Waals surface area contributed by atoms with Crippen molar-refractivity contribution in [2.75, 3.05) is 29.9 Å². The fourth-order valence-corrected chi connectivity index (χ4v) is 6.79. The second-order valence-electron chi connectivity index (χ2n) is 10.3. The van der Waals surface area contributed by atoms with Crippen LogP contribution < -0.4 is 14.9 Å². The number of anilines is 2. The van der Waals surface area contributed by atoms with E-state index in [1.807, 2.05) is 72.5 Å². The Balaban J connectivity index is 1.67. The smallest absolute Gasteiger partial charge is 0.310 e. The van der Waals surface area contributed by atoms with Crippen molar-refractivity contribution in [2.24, 2.45) is 5.92 Å². The lowest BCUT2D eigenvalue weighted by Crippen LogP contribution is -2.40. The number of hydrogen-bond donors (Lipinski definition) is 2. The van der Waals surface area contributed by atoms with Gasteiger partial charge in [-0.2, -0.15) is 0 Å². The molecule has 0 spiro atoms. The summed E-state index contributed by atoms with van der Waals surface area (Å²) in [5.74, 6) is -1.20. The number of esters is 1. The molecule has 0 unspecified atom stereocenters. The highest BCUT2D eigenvalue weighted by molar-refractivity contribution is 7.89. The first-order chi connectivity index (χ1) is 19.7. The summed E-state index contributed by atoms with van der Waals surface area (Å²) in [4.78, 5) is 27.8. The number of ether oxygens (including phenoxy) is 1. The monoisotopic (exact) mass is 577 g/mol. The molecule has 1 amide bonds. The van der Waals surface area contributed by atoms with Gasteiger partial charge < -0.3 is 15.0 Å². The van der Waals surface area contributed by atoms with E-state index in [0.717, 1.165) is 17.5 Å². The van der Waals surface area contributed by atoms with E-state index in [4.69, 9.17) is 4.74 Å². The molecule has 1 aliphatic heterocycles. The number of benzene rings is 3. The van der Waals surface area contributed by atoms with Crippen LogP contribution in [0, 0.1) is 5.92 Å². The van der Waals surface area contributed by atoms with Gasteiger partial charge in [0.15, 0.2) is 0 Å². The van der Waals surface area contributed by atoms with E-state index in [-0.39, 0.29) is 28.6 Å². The normalized spacial score (nSPS) is 17.0. The highest BCUT2D eigenvalue weighted by Gasteiger charge is 2.31. The number of nitrogens with zero attached hydrogens (tertiary/aromatic N) is 1. The second-order valence-corrected chi connectivity index (χ2v) is 12.0. The van der Waals surface area contributed by atoms with Crippen LogP contribution in [0.5, 0.6) is 0 Å². The molecule has 2 N–H and O–H groups in total. The van der Waals surface area contributed by atoms with Crippen LogP contribution in [-0.2, 0) is 24.3 Å². The Morgan fingerprint density at radius 1 is 0.976 bits per heavy atom. The lowest BCUT2D eigenvalue weighted by Gasteiger charge is -2.34. The summed E-state index contributed by atoms with van der Waals surface area (Å²) in [5, 5.41) is 2.94. The predicted octanol–water partition coefficient (Wildman–Crippen LogP) is 5.64. The molecule has 1 fully saturated rings. The minimum absolute atomic E-state index is 0.0512.